The zero-order valence-electron chi connectivity index (χ0n) is 12.7. The molecular weight excluding hydrogens is 340 g/mol. The average Bonchev–Trinajstić information content (AvgIpc) is 2.51. The molecule has 0 radical (unpaired) electrons. The second-order valence-electron chi connectivity index (χ2n) is 4.79. The Bertz CT molecular complexity index is 523. The summed E-state index contributed by atoms with van der Waals surface area (Å²) in [5, 5.41) is 10.00. The molecule has 128 valence electrons. The van der Waals surface area contributed by atoms with Crippen molar-refractivity contribution in [2.75, 3.05) is 18.8 Å². The summed E-state index contributed by atoms with van der Waals surface area (Å²) in [7, 11) is 0. The van der Waals surface area contributed by atoms with Gasteiger partial charge in [0, 0.05) is 22.7 Å². The van der Waals surface area contributed by atoms with Gasteiger partial charge < -0.3 is 5.73 Å². The minimum atomic E-state index is -0.487. The smallest absolute Gasteiger partial charge is 0.211 e. The predicted molar refractivity (Wildman–Crippen MR) is 94.0 cm³/mol. The Balaban J connectivity index is 0.00000484. The Labute approximate surface area is 145 Å². The molecule has 1 aromatic rings. The normalized spacial score (nSPS) is 9.96. The fraction of sp³-hybridized carbons (Fsp3) is 0.467. The highest BCUT2D eigenvalue weighted by Gasteiger charge is 2.08. The van der Waals surface area contributed by atoms with Crippen LogP contribution in [0.3, 0.4) is 0 Å². The van der Waals surface area contributed by atoms with E-state index in [1.54, 1.807) is 12.1 Å². The van der Waals surface area contributed by atoms with Gasteiger partial charge >= 0.3 is 0 Å². The van der Waals surface area contributed by atoms with Crippen molar-refractivity contribution in [1.82, 2.24) is 0 Å². The molecule has 0 aliphatic rings. The number of thioether (sulfide) groups is 1. The largest absolute Gasteiger partial charge is 0.330 e. The van der Waals surface area contributed by atoms with E-state index in [-0.39, 0.29) is 36.3 Å². The Kier molecular flexibility index (Phi) is 11.3. The lowest BCUT2D eigenvalue weighted by Gasteiger charge is -2.03. The second-order valence-corrected chi connectivity index (χ2v) is 5.94. The van der Waals surface area contributed by atoms with Crippen LogP contribution in [0.2, 0.25) is 0 Å². The zero-order chi connectivity index (χ0) is 16.4. The summed E-state index contributed by atoms with van der Waals surface area (Å²) in [6.45, 7) is 0.191. The average molecular weight is 361 g/mol. The summed E-state index contributed by atoms with van der Waals surface area (Å²) < 4.78 is 0. The summed E-state index contributed by atoms with van der Waals surface area (Å²) in [5.74, 6) is 0.665. The standard InChI is InChI=1S/C15H20N2O4S.ClH/c16-9-1-2-14(18)13-5-3-12(4-6-13)8-11-22-15(19)7-10-17(20)21;/h3-6H,1-2,7-11,16H2;1H. The van der Waals surface area contributed by atoms with Crippen LogP contribution < -0.4 is 5.73 Å². The van der Waals surface area contributed by atoms with Crippen molar-refractivity contribution in [2.24, 2.45) is 5.73 Å². The van der Waals surface area contributed by atoms with E-state index >= 15 is 0 Å². The van der Waals surface area contributed by atoms with Gasteiger partial charge in [0.25, 0.3) is 0 Å². The highest BCUT2D eigenvalue weighted by atomic mass is 35.5. The molecule has 1 rings (SSSR count). The molecular formula is C15H21ClN2O4S. The molecule has 2 N–H and O–H groups in total. The van der Waals surface area contributed by atoms with Crippen molar-refractivity contribution in [1.29, 1.82) is 0 Å². The van der Waals surface area contributed by atoms with Crippen molar-refractivity contribution < 1.29 is 14.5 Å². The molecule has 0 aliphatic carbocycles. The number of aryl methyl sites for hydroxylation is 1. The monoisotopic (exact) mass is 360 g/mol. The predicted octanol–water partition coefficient (Wildman–Crippen LogP) is 2.50. The molecule has 0 aliphatic heterocycles. The van der Waals surface area contributed by atoms with Crippen molar-refractivity contribution in [3.8, 4) is 0 Å². The molecule has 0 aromatic heterocycles. The van der Waals surface area contributed by atoms with E-state index in [1.807, 2.05) is 12.1 Å². The SMILES string of the molecule is Cl.NCCCC(=O)c1ccc(CCSC(=O)CC[N+](=O)[O-])cc1. The van der Waals surface area contributed by atoms with Crippen LogP contribution in [0.4, 0.5) is 0 Å². The molecule has 0 unspecified atom stereocenters. The topological polar surface area (TPSA) is 103 Å². The number of nitrogens with zero attached hydrogens (tertiary/aromatic N) is 1. The third-order valence-electron chi connectivity index (χ3n) is 3.04. The first-order valence-electron chi connectivity index (χ1n) is 7.12. The van der Waals surface area contributed by atoms with Crippen LogP contribution in [0.25, 0.3) is 0 Å². The van der Waals surface area contributed by atoms with Gasteiger partial charge in [-0.2, -0.15) is 0 Å². The van der Waals surface area contributed by atoms with E-state index in [9.17, 15) is 19.7 Å². The number of ketones is 1. The summed E-state index contributed by atoms with van der Waals surface area (Å²) in [6.07, 6.45) is 1.79. The van der Waals surface area contributed by atoms with E-state index < -0.39 is 4.92 Å². The molecule has 0 atom stereocenters. The van der Waals surface area contributed by atoms with Gasteiger partial charge in [-0.25, -0.2) is 0 Å². The maximum absolute atomic E-state index is 11.8. The molecule has 0 fully saturated rings. The Morgan fingerprint density at radius 3 is 2.39 bits per heavy atom. The first-order valence-corrected chi connectivity index (χ1v) is 8.11. The fourth-order valence-electron chi connectivity index (χ4n) is 1.80. The molecule has 8 heteroatoms. The van der Waals surface area contributed by atoms with Gasteiger partial charge in [0.1, 0.15) is 0 Å². The van der Waals surface area contributed by atoms with Gasteiger partial charge in [0.15, 0.2) is 10.9 Å². The summed E-state index contributed by atoms with van der Waals surface area (Å²) in [5.41, 5.74) is 7.08. The van der Waals surface area contributed by atoms with Crippen LogP contribution in [0, 0.1) is 10.1 Å². The number of hydrogen-bond acceptors (Lipinski definition) is 6. The number of carbonyl (C=O) groups excluding carboxylic acids is 2. The van der Waals surface area contributed by atoms with E-state index in [1.165, 1.54) is 0 Å². The van der Waals surface area contributed by atoms with Gasteiger partial charge in [0.05, 0.1) is 6.42 Å². The fourth-order valence-corrected chi connectivity index (χ4v) is 2.60. The van der Waals surface area contributed by atoms with Crippen molar-refractivity contribution in [3.05, 3.63) is 45.5 Å². The van der Waals surface area contributed by atoms with E-state index in [2.05, 4.69) is 0 Å². The van der Waals surface area contributed by atoms with Gasteiger partial charge in [0.2, 0.25) is 6.54 Å². The maximum atomic E-state index is 11.8. The number of Topliss-reactive ketones (excluding diaryl/α,β-unsaturated/α-hetero) is 1. The highest BCUT2D eigenvalue weighted by Crippen LogP contribution is 2.12. The minimum Gasteiger partial charge on any atom is -0.330 e. The van der Waals surface area contributed by atoms with Gasteiger partial charge in [-0.1, -0.05) is 36.0 Å². The van der Waals surface area contributed by atoms with Crippen LogP contribution in [0.5, 0.6) is 0 Å². The number of hydrogen-bond donors (Lipinski definition) is 1. The molecule has 0 spiro atoms. The number of benzene rings is 1. The van der Waals surface area contributed by atoms with Crippen molar-refractivity contribution >= 4 is 35.1 Å². The van der Waals surface area contributed by atoms with Gasteiger partial charge in [-0.15, -0.1) is 12.4 Å². The van der Waals surface area contributed by atoms with Crippen molar-refractivity contribution in [2.45, 2.75) is 25.7 Å². The van der Waals surface area contributed by atoms with E-state index in [4.69, 9.17) is 5.73 Å². The second kappa shape index (κ2) is 12.0. The summed E-state index contributed by atoms with van der Waals surface area (Å²) in [4.78, 5) is 32.8. The lowest BCUT2D eigenvalue weighted by atomic mass is 10.0. The lowest BCUT2D eigenvalue weighted by Crippen LogP contribution is -2.06. The summed E-state index contributed by atoms with van der Waals surface area (Å²) in [6, 6.07) is 7.32. The van der Waals surface area contributed by atoms with Crippen LogP contribution in [-0.4, -0.2) is 34.7 Å². The van der Waals surface area contributed by atoms with E-state index in [0.717, 1.165) is 17.3 Å². The van der Waals surface area contributed by atoms with E-state index in [0.29, 0.717) is 37.1 Å². The van der Waals surface area contributed by atoms with Crippen LogP contribution in [-0.2, 0) is 11.2 Å². The van der Waals surface area contributed by atoms with Crippen LogP contribution in [0.1, 0.15) is 35.2 Å². The van der Waals surface area contributed by atoms with Crippen LogP contribution in [0.15, 0.2) is 24.3 Å². The number of halogens is 1. The zero-order valence-corrected chi connectivity index (χ0v) is 14.4. The number of rotatable bonds is 10. The van der Waals surface area contributed by atoms with Crippen LogP contribution >= 0.6 is 24.2 Å². The Morgan fingerprint density at radius 2 is 1.83 bits per heavy atom. The Hall–Kier alpha value is -1.44. The highest BCUT2D eigenvalue weighted by molar-refractivity contribution is 8.13. The Morgan fingerprint density at radius 1 is 1.17 bits per heavy atom. The van der Waals surface area contributed by atoms with Gasteiger partial charge in [-0.3, -0.25) is 19.7 Å². The number of nitro groups is 1. The molecule has 0 saturated heterocycles. The lowest BCUT2D eigenvalue weighted by molar-refractivity contribution is -0.478. The molecule has 6 nitrogen and oxygen atoms in total. The van der Waals surface area contributed by atoms with Gasteiger partial charge in [-0.05, 0) is 24.9 Å². The molecule has 0 bridgehead atoms. The third-order valence-corrected chi connectivity index (χ3v) is 3.97. The molecule has 0 amide bonds. The molecule has 0 heterocycles. The maximum Gasteiger partial charge on any atom is 0.211 e. The molecule has 23 heavy (non-hydrogen) atoms. The number of nitrogens with two attached hydrogens (primary N) is 1. The molecule has 0 saturated carbocycles. The minimum absolute atomic E-state index is 0. The quantitative estimate of drug-likeness (QED) is 0.390. The number of carbonyl (C=O) groups is 2. The molecule has 1 aromatic carbocycles. The third kappa shape index (κ3) is 9.32. The summed E-state index contributed by atoms with van der Waals surface area (Å²) >= 11 is 1.11. The van der Waals surface area contributed by atoms with Crippen molar-refractivity contribution in [3.63, 3.8) is 0 Å². The first-order chi connectivity index (χ1) is 10.5. The first kappa shape index (κ1) is 21.6.